The summed E-state index contributed by atoms with van der Waals surface area (Å²) in [4.78, 5) is 45.3. The highest BCUT2D eigenvalue weighted by atomic mass is 32.2. The molecule has 3 amide bonds. The average molecular weight is 566 g/mol. The van der Waals surface area contributed by atoms with Crippen molar-refractivity contribution in [1.29, 1.82) is 0 Å². The molecule has 3 aromatic rings. The van der Waals surface area contributed by atoms with Gasteiger partial charge in [0.25, 0.3) is 5.91 Å². The van der Waals surface area contributed by atoms with Gasteiger partial charge in [-0.2, -0.15) is 5.87 Å². The Labute approximate surface area is 234 Å². The first-order chi connectivity index (χ1) is 19.1. The summed E-state index contributed by atoms with van der Waals surface area (Å²) in [5.41, 5.74) is -0.244. The highest BCUT2D eigenvalue weighted by molar-refractivity contribution is 7.82. The molecule has 2 aromatic carbocycles. The smallest absolute Gasteiger partial charge is 0.268 e. The van der Waals surface area contributed by atoms with Gasteiger partial charge >= 0.3 is 0 Å². The monoisotopic (exact) mass is 565 g/mol. The number of benzene rings is 2. The molecule has 2 aliphatic rings. The van der Waals surface area contributed by atoms with Crippen LogP contribution in [0.4, 0.5) is 5.69 Å². The van der Waals surface area contributed by atoms with Gasteiger partial charge in [-0.25, -0.2) is 10.4 Å². The Morgan fingerprint density at radius 2 is 2.00 bits per heavy atom. The summed E-state index contributed by atoms with van der Waals surface area (Å²) in [5, 5.41) is 17.4. The number of anilines is 1. The molecule has 4 atom stereocenters. The van der Waals surface area contributed by atoms with Gasteiger partial charge in [-0.3, -0.25) is 14.4 Å². The van der Waals surface area contributed by atoms with E-state index in [0.717, 1.165) is 10.9 Å². The van der Waals surface area contributed by atoms with E-state index in [1.807, 2.05) is 38.1 Å². The molecular weight excluding hydrogens is 532 g/mol. The zero-order valence-electron chi connectivity index (χ0n) is 22.6. The van der Waals surface area contributed by atoms with E-state index < -0.39 is 45.1 Å². The molecule has 0 saturated carbocycles. The lowest BCUT2D eigenvalue weighted by Gasteiger charge is -2.34. The largest absolute Gasteiger partial charge is 0.496 e. The van der Waals surface area contributed by atoms with Crippen LogP contribution in [0.3, 0.4) is 0 Å². The number of ether oxygens (including phenoxy) is 1. The molecule has 2 aliphatic heterocycles. The summed E-state index contributed by atoms with van der Waals surface area (Å²) in [6.07, 6.45) is 0.394. The first kappa shape index (κ1) is 27.7. The van der Waals surface area contributed by atoms with Crippen molar-refractivity contribution in [3.8, 4) is 5.75 Å². The Kier molecular flexibility index (Phi) is 7.36. The molecule has 1 aromatic heterocycles. The summed E-state index contributed by atoms with van der Waals surface area (Å²) >= 11 is 0. The van der Waals surface area contributed by atoms with Crippen LogP contribution in [0.1, 0.15) is 42.7 Å². The minimum atomic E-state index is -1.92. The Morgan fingerprint density at radius 1 is 1.25 bits per heavy atom. The van der Waals surface area contributed by atoms with Crippen LogP contribution in [-0.4, -0.2) is 69.8 Å². The molecule has 10 nitrogen and oxygen atoms in total. The van der Waals surface area contributed by atoms with Crippen LogP contribution < -0.4 is 15.4 Å². The predicted molar refractivity (Wildman–Crippen MR) is 154 cm³/mol. The molecule has 1 fully saturated rings. The number of likely N-dealkylation sites (tertiary alicyclic amines) is 1. The molecule has 0 radical (unpaired) electrons. The van der Waals surface area contributed by atoms with Crippen molar-refractivity contribution in [3.05, 3.63) is 59.8 Å². The summed E-state index contributed by atoms with van der Waals surface area (Å²) < 4.78 is 17.7. The van der Waals surface area contributed by atoms with Gasteiger partial charge in [-0.1, -0.05) is 38.1 Å². The van der Waals surface area contributed by atoms with Gasteiger partial charge in [0.15, 0.2) is 0 Å². The highest BCUT2D eigenvalue weighted by Gasteiger charge is 2.56. The van der Waals surface area contributed by atoms with E-state index in [9.17, 15) is 23.7 Å². The minimum Gasteiger partial charge on any atom is -0.496 e. The first-order valence-corrected chi connectivity index (χ1v) is 14.5. The fourth-order valence-electron chi connectivity index (χ4n) is 5.90. The second-order valence-electron chi connectivity index (χ2n) is 10.9. The Hall–Kier alpha value is -3.83. The molecule has 1 saturated heterocycles. The summed E-state index contributed by atoms with van der Waals surface area (Å²) in [6, 6.07) is 12.4. The number of aliphatic hydroxyl groups excluding tert-OH is 1. The van der Waals surface area contributed by atoms with E-state index in [1.165, 1.54) is 4.90 Å². The standard InChI is InChI=1S/C29H33N4O6S/c1-16(2)12-22(31-25(34)21-13-17-19(30-21)10-7-11-24(17)39-3)26(35)33-15-29(14-23(33)27(36)40(4)38)18-8-5-6-9-20(18)32-28(29)37/h5-11,13,16,22-23,27,30,36H,4,12,14-15H2,1-3H3,(H,31,34)(H,32,37)/q-1/t22-,23?,27?,29-/m0/s1. The van der Waals surface area contributed by atoms with Crippen LogP contribution in [0.15, 0.2) is 48.5 Å². The van der Waals surface area contributed by atoms with E-state index in [0.29, 0.717) is 23.4 Å². The van der Waals surface area contributed by atoms with Crippen LogP contribution in [0, 0.1) is 5.92 Å². The minimum absolute atomic E-state index is 0.0261. The van der Waals surface area contributed by atoms with Crippen molar-refractivity contribution in [3.63, 3.8) is 0 Å². The number of para-hydroxylation sites is 1. The van der Waals surface area contributed by atoms with Gasteiger partial charge in [-0.15, -0.1) is 0 Å². The summed E-state index contributed by atoms with van der Waals surface area (Å²) in [6.45, 7) is 3.84. The number of hydrogen-bond donors (Lipinski definition) is 4. The Morgan fingerprint density at radius 3 is 2.70 bits per heavy atom. The fraction of sp³-hybridized carbons (Fsp3) is 0.379. The number of rotatable bonds is 8. The molecule has 3 heterocycles. The zero-order chi connectivity index (χ0) is 28.8. The fourth-order valence-corrected chi connectivity index (χ4v) is 6.49. The quantitative estimate of drug-likeness (QED) is 0.244. The van der Waals surface area contributed by atoms with Gasteiger partial charge in [0.05, 0.1) is 12.5 Å². The first-order valence-electron chi connectivity index (χ1n) is 13.1. The molecular formula is C29H33N4O6S-. The van der Waals surface area contributed by atoms with Crippen molar-refractivity contribution >= 4 is 50.6 Å². The van der Waals surface area contributed by atoms with Gasteiger partial charge in [0.1, 0.15) is 17.5 Å². The van der Waals surface area contributed by atoms with E-state index in [1.54, 1.807) is 31.4 Å². The van der Waals surface area contributed by atoms with Gasteiger partial charge in [-0.05, 0) is 48.6 Å². The lowest BCUT2D eigenvalue weighted by atomic mass is 9.79. The van der Waals surface area contributed by atoms with Crippen molar-refractivity contribution < 1.29 is 28.4 Å². The van der Waals surface area contributed by atoms with Crippen LogP contribution in [0.5, 0.6) is 5.75 Å². The van der Waals surface area contributed by atoms with Crippen molar-refractivity contribution in [2.75, 3.05) is 19.0 Å². The molecule has 4 N–H and O–H groups in total. The summed E-state index contributed by atoms with van der Waals surface area (Å²) in [5.74, 6) is 2.89. The highest BCUT2D eigenvalue weighted by Crippen LogP contribution is 2.47. The third kappa shape index (κ3) is 4.73. The molecule has 212 valence electrons. The van der Waals surface area contributed by atoms with Crippen molar-refractivity contribution in [2.24, 2.45) is 5.92 Å². The van der Waals surface area contributed by atoms with Gasteiger partial charge in [0, 0.05) is 34.6 Å². The molecule has 0 bridgehead atoms. The third-order valence-corrected chi connectivity index (χ3v) is 8.66. The maximum atomic E-state index is 14.1. The van der Waals surface area contributed by atoms with Crippen molar-refractivity contribution in [1.82, 2.24) is 15.2 Å². The number of H-pyrrole nitrogens is 1. The van der Waals surface area contributed by atoms with E-state index in [4.69, 9.17) is 4.74 Å². The number of nitrogens with zero attached hydrogens (tertiary/aromatic N) is 1. The lowest BCUT2D eigenvalue weighted by molar-refractivity contribution is -0.135. The second-order valence-corrected chi connectivity index (χ2v) is 12.1. The number of methoxy groups -OCH3 is 1. The third-order valence-electron chi connectivity index (χ3n) is 7.80. The van der Waals surface area contributed by atoms with Crippen LogP contribution in [0.25, 0.3) is 10.9 Å². The van der Waals surface area contributed by atoms with Gasteiger partial charge in [0.2, 0.25) is 11.8 Å². The maximum absolute atomic E-state index is 14.1. The molecule has 0 aliphatic carbocycles. The molecule has 5 rings (SSSR count). The Bertz CT molecular complexity index is 1550. The van der Waals surface area contributed by atoms with E-state index in [-0.39, 0.29) is 30.5 Å². The maximum Gasteiger partial charge on any atom is 0.268 e. The SMILES string of the molecule is C=[S-](=O)C(O)C1C[C@@]2(CN1C(=O)[C@H](CC(C)C)NC(=O)c1cc3c(OC)cccc3[nH]1)C(=O)Nc1ccccc12. The number of fused-ring (bicyclic) bond motifs is 3. The number of aliphatic hydroxyl groups is 1. The van der Waals surface area contributed by atoms with Crippen molar-refractivity contribution in [2.45, 2.75) is 49.6 Å². The van der Waals surface area contributed by atoms with Crippen LogP contribution in [-0.2, 0) is 29.6 Å². The Balaban J connectivity index is 1.47. The predicted octanol–water partition coefficient (Wildman–Crippen LogP) is 2.53. The zero-order valence-corrected chi connectivity index (χ0v) is 23.4. The second kappa shape index (κ2) is 10.6. The number of carbonyl (C=O) groups excluding carboxylic acids is 3. The average Bonchev–Trinajstić information content (AvgIpc) is 3.61. The number of carbonyl (C=O) groups is 3. The summed E-state index contributed by atoms with van der Waals surface area (Å²) in [7, 11) is -0.374. The number of nitrogens with one attached hydrogen (secondary N) is 3. The van der Waals surface area contributed by atoms with Gasteiger partial charge < -0.3 is 34.6 Å². The molecule has 1 spiro atoms. The normalized spacial score (nSPS) is 21.6. The molecule has 2 unspecified atom stereocenters. The van der Waals surface area contributed by atoms with E-state index >= 15 is 0 Å². The number of aromatic nitrogens is 1. The lowest BCUT2D eigenvalue weighted by Crippen LogP contribution is -2.53. The molecule has 11 heteroatoms. The topological polar surface area (TPSA) is 141 Å². The number of aromatic amines is 1. The molecule has 40 heavy (non-hydrogen) atoms. The van der Waals surface area contributed by atoms with Crippen LogP contribution >= 0.6 is 0 Å². The van der Waals surface area contributed by atoms with Crippen LogP contribution in [0.2, 0.25) is 0 Å². The number of amides is 3. The number of hydrogen-bond acceptors (Lipinski definition) is 7. The van der Waals surface area contributed by atoms with E-state index in [2.05, 4.69) is 21.5 Å².